The number of thiophene rings is 2. The third-order valence-electron chi connectivity index (χ3n) is 7.74. The lowest BCUT2D eigenvalue weighted by molar-refractivity contribution is 1.47. The molecule has 0 N–H and O–H groups in total. The number of rotatable bonds is 6. The van der Waals surface area contributed by atoms with E-state index < -0.39 is 0 Å². The van der Waals surface area contributed by atoms with Gasteiger partial charge in [-0.05, 0) is 86.6 Å². The normalized spacial score (nSPS) is 11.2. The smallest absolute Gasteiger partial charge is 0.0449 e. The van der Waals surface area contributed by atoms with Gasteiger partial charge in [0.05, 0.1) is 0 Å². The summed E-state index contributed by atoms with van der Waals surface area (Å²) in [4.78, 5) is 5.09. The molecule has 196 valence electrons. The van der Waals surface area contributed by atoms with E-state index in [1.54, 1.807) is 0 Å². The fourth-order valence-corrected chi connectivity index (χ4v) is 8.02. The van der Waals surface area contributed by atoms with Crippen molar-refractivity contribution in [2.45, 2.75) is 6.92 Å². The average Bonchev–Trinajstić information content (AvgIpc) is 3.70. The van der Waals surface area contributed by atoms with Crippen LogP contribution in [-0.4, -0.2) is 0 Å². The maximum Gasteiger partial charge on any atom is 0.0449 e. The Bertz CT molecular complexity index is 2100. The van der Waals surface area contributed by atoms with E-state index in [-0.39, 0.29) is 0 Å². The van der Waals surface area contributed by atoms with Crippen LogP contribution in [0.1, 0.15) is 16.7 Å². The van der Waals surface area contributed by atoms with Crippen LogP contribution in [0.5, 0.6) is 0 Å². The molecular formula is C39H28S2. The monoisotopic (exact) mass is 560 g/mol. The largest absolute Gasteiger partial charge is 0.134 e. The summed E-state index contributed by atoms with van der Waals surface area (Å²) in [7, 11) is 0. The fourth-order valence-electron chi connectivity index (χ4n) is 5.85. The number of hydrogen-bond donors (Lipinski definition) is 0. The van der Waals surface area contributed by atoms with Gasteiger partial charge in [-0.15, -0.1) is 22.7 Å². The van der Waals surface area contributed by atoms with Crippen molar-refractivity contribution in [2.24, 2.45) is 0 Å². The molecule has 0 unspecified atom stereocenters. The van der Waals surface area contributed by atoms with Crippen molar-refractivity contribution >= 4 is 56.4 Å². The fraction of sp³-hybridized carbons (Fsp3) is 0.0256. The zero-order chi connectivity index (χ0) is 27.9. The lowest BCUT2D eigenvalue weighted by Crippen LogP contribution is -1.95. The Morgan fingerprint density at radius 3 is 1.83 bits per heavy atom. The van der Waals surface area contributed by atoms with Crippen LogP contribution in [0.3, 0.4) is 0 Å². The van der Waals surface area contributed by atoms with Crippen molar-refractivity contribution in [3.05, 3.63) is 145 Å². The highest BCUT2D eigenvalue weighted by atomic mass is 32.1. The van der Waals surface area contributed by atoms with E-state index in [1.165, 1.54) is 68.9 Å². The third-order valence-corrected chi connectivity index (χ3v) is 10.2. The van der Waals surface area contributed by atoms with Gasteiger partial charge in [-0.1, -0.05) is 116 Å². The minimum atomic E-state index is 1.13. The van der Waals surface area contributed by atoms with E-state index in [2.05, 4.69) is 135 Å². The van der Waals surface area contributed by atoms with Gasteiger partial charge < -0.3 is 0 Å². The maximum absolute atomic E-state index is 4.27. The summed E-state index contributed by atoms with van der Waals surface area (Å²) >= 11 is 3.70. The second kappa shape index (κ2) is 10.5. The summed E-state index contributed by atoms with van der Waals surface area (Å²) in [5, 5.41) is 5.02. The van der Waals surface area contributed by atoms with Crippen LogP contribution < -0.4 is 0 Å². The predicted octanol–water partition coefficient (Wildman–Crippen LogP) is 12.4. The van der Waals surface area contributed by atoms with Crippen molar-refractivity contribution in [3.63, 3.8) is 0 Å². The standard InChI is InChI=1S/C39H28S2/c1-4-30-31(5-2)39(33-16-9-8-15-32(33)38(30)29-14-10-11-25(3)23-29)37-22-21-36(41-37)35-20-19-34(40-35)28-18-17-26-12-6-7-13-27(26)24-28/h4-24H,1-2H2,3H3. The SMILES string of the molecule is C=Cc1c(C=C)c(-c2ccc(-c3ccc(-c4ccc5ccccc5c4)s3)s2)c2ccccc2c1-c1cccc(C)c1. The summed E-state index contributed by atoms with van der Waals surface area (Å²) in [6, 6.07) is 41.8. The second-order valence-electron chi connectivity index (χ2n) is 10.3. The van der Waals surface area contributed by atoms with Crippen LogP contribution >= 0.6 is 22.7 Å². The molecule has 41 heavy (non-hydrogen) atoms. The van der Waals surface area contributed by atoms with E-state index in [1.807, 2.05) is 34.8 Å². The Hall–Kier alpha value is -4.50. The van der Waals surface area contributed by atoms with Crippen molar-refractivity contribution in [3.8, 4) is 41.8 Å². The van der Waals surface area contributed by atoms with Crippen LogP contribution in [-0.2, 0) is 0 Å². The van der Waals surface area contributed by atoms with Gasteiger partial charge in [0.2, 0.25) is 0 Å². The van der Waals surface area contributed by atoms with Crippen molar-refractivity contribution in [1.29, 1.82) is 0 Å². The second-order valence-corrected chi connectivity index (χ2v) is 12.5. The van der Waals surface area contributed by atoms with Crippen molar-refractivity contribution in [2.75, 3.05) is 0 Å². The molecule has 7 rings (SSSR count). The van der Waals surface area contributed by atoms with Crippen LogP contribution in [0, 0.1) is 6.92 Å². The molecule has 2 aromatic heterocycles. The molecule has 2 heteroatoms. The van der Waals surface area contributed by atoms with Crippen molar-refractivity contribution in [1.82, 2.24) is 0 Å². The van der Waals surface area contributed by atoms with Gasteiger partial charge in [-0.3, -0.25) is 0 Å². The molecule has 0 atom stereocenters. The number of aryl methyl sites for hydroxylation is 1. The molecule has 0 nitrogen and oxygen atoms in total. The molecule has 0 aliphatic heterocycles. The Morgan fingerprint density at radius 2 is 1.10 bits per heavy atom. The number of hydrogen-bond acceptors (Lipinski definition) is 2. The molecule has 0 saturated carbocycles. The summed E-state index contributed by atoms with van der Waals surface area (Å²) in [6.07, 6.45) is 3.99. The molecule has 0 amide bonds. The first-order valence-corrected chi connectivity index (χ1v) is 15.4. The molecule has 2 heterocycles. The lowest BCUT2D eigenvalue weighted by Gasteiger charge is -2.19. The van der Waals surface area contributed by atoms with E-state index in [4.69, 9.17) is 0 Å². The summed E-state index contributed by atoms with van der Waals surface area (Å²) in [6.45, 7) is 10.7. The summed E-state index contributed by atoms with van der Waals surface area (Å²) in [5.41, 5.74) is 8.41. The van der Waals surface area contributed by atoms with Gasteiger partial charge in [0.1, 0.15) is 0 Å². The minimum Gasteiger partial charge on any atom is -0.134 e. The number of fused-ring (bicyclic) bond motifs is 2. The predicted molar refractivity (Wildman–Crippen MR) is 184 cm³/mol. The van der Waals surface area contributed by atoms with Gasteiger partial charge in [0.15, 0.2) is 0 Å². The number of benzene rings is 5. The van der Waals surface area contributed by atoms with Gasteiger partial charge in [0, 0.05) is 25.1 Å². The maximum atomic E-state index is 4.27. The van der Waals surface area contributed by atoms with E-state index >= 15 is 0 Å². The Morgan fingerprint density at radius 1 is 0.488 bits per heavy atom. The molecule has 5 aromatic carbocycles. The Labute approximate surface area is 249 Å². The van der Waals surface area contributed by atoms with Crippen LogP contribution in [0.15, 0.2) is 128 Å². The highest BCUT2D eigenvalue weighted by molar-refractivity contribution is 7.25. The van der Waals surface area contributed by atoms with Crippen molar-refractivity contribution < 1.29 is 0 Å². The molecule has 0 bridgehead atoms. The third kappa shape index (κ3) is 4.46. The molecule has 0 aliphatic carbocycles. The molecule has 0 spiro atoms. The quantitative estimate of drug-likeness (QED) is 0.190. The van der Waals surface area contributed by atoms with E-state index in [0.29, 0.717) is 0 Å². The van der Waals surface area contributed by atoms with E-state index in [0.717, 1.165) is 11.1 Å². The molecule has 0 saturated heterocycles. The van der Waals surface area contributed by atoms with Crippen LogP contribution in [0.2, 0.25) is 0 Å². The molecule has 0 radical (unpaired) electrons. The Kier molecular flexibility index (Phi) is 6.51. The van der Waals surface area contributed by atoms with Gasteiger partial charge >= 0.3 is 0 Å². The molecular weight excluding hydrogens is 533 g/mol. The molecule has 0 fully saturated rings. The van der Waals surface area contributed by atoms with E-state index in [9.17, 15) is 0 Å². The first kappa shape index (κ1) is 25.5. The zero-order valence-electron chi connectivity index (χ0n) is 22.9. The molecule has 7 aromatic rings. The highest BCUT2D eigenvalue weighted by Crippen LogP contribution is 2.47. The van der Waals surface area contributed by atoms with Crippen LogP contribution in [0.4, 0.5) is 0 Å². The zero-order valence-corrected chi connectivity index (χ0v) is 24.5. The topological polar surface area (TPSA) is 0 Å². The van der Waals surface area contributed by atoms with Crippen LogP contribution in [0.25, 0.3) is 75.5 Å². The van der Waals surface area contributed by atoms with Gasteiger partial charge in [-0.2, -0.15) is 0 Å². The van der Waals surface area contributed by atoms with Gasteiger partial charge in [-0.25, -0.2) is 0 Å². The highest BCUT2D eigenvalue weighted by Gasteiger charge is 2.20. The lowest BCUT2D eigenvalue weighted by atomic mass is 9.85. The summed E-state index contributed by atoms with van der Waals surface area (Å²) < 4.78 is 0. The molecule has 0 aliphatic rings. The average molecular weight is 561 g/mol. The minimum absolute atomic E-state index is 1.13. The summed E-state index contributed by atoms with van der Waals surface area (Å²) in [5.74, 6) is 0. The first-order valence-electron chi connectivity index (χ1n) is 13.7. The Balaban J connectivity index is 1.36. The van der Waals surface area contributed by atoms with Gasteiger partial charge in [0.25, 0.3) is 0 Å². The first-order chi connectivity index (χ1) is 20.1.